The zero-order valence-corrected chi connectivity index (χ0v) is 15.4. The number of anilines is 1. The van der Waals surface area contributed by atoms with Crippen LogP contribution in [-0.4, -0.2) is 17.5 Å². The van der Waals surface area contributed by atoms with Crippen LogP contribution in [0.5, 0.6) is 0 Å². The maximum Gasteiger partial charge on any atom is 0.257 e. The van der Waals surface area contributed by atoms with E-state index in [0.29, 0.717) is 33.0 Å². The molecule has 0 atom stereocenters. The van der Waals surface area contributed by atoms with Crippen LogP contribution in [0.2, 0.25) is 5.02 Å². The zero-order valence-electron chi connectivity index (χ0n) is 14.6. The molecule has 3 aromatic carbocycles. The van der Waals surface area contributed by atoms with E-state index in [4.69, 9.17) is 11.6 Å². The standard InChI is InChI=1S/C23H14ClNO3/c24-20-11-4-3-10-18(20)23(28)25-15-7-5-6-14(12-15)13-19-21(26)16-8-1-2-9-17(16)22(19)27/h1-13H,(H,25,28). The fourth-order valence-corrected chi connectivity index (χ4v) is 3.34. The average molecular weight is 388 g/mol. The smallest absolute Gasteiger partial charge is 0.257 e. The first-order valence-corrected chi connectivity index (χ1v) is 8.98. The first kappa shape index (κ1) is 17.9. The SMILES string of the molecule is O=C(Nc1cccc(C=C2C(=O)c3ccccc3C2=O)c1)c1ccccc1Cl. The normalized spacial score (nSPS) is 12.7. The number of allylic oxidation sites excluding steroid dienone is 1. The van der Waals surface area contributed by atoms with E-state index in [1.165, 1.54) is 0 Å². The molecule has 4 nitrogen and oxygen atoms in total. The molecule has 0 radical (unpaired) electrons. The first-order valence-electron chi connectivity index (χ1n) is 8.60. The number of hydrogen-bond acceptors (Lipinski definition) is 3. The lowest BCUT2D eigenvalue weighted by atomic mass is 10.1. The van der Waals surface area contributed by atoms with Crippen LogP contribution in [0, 0.1) is 0 Å². The van der Waals surface area contributed by atoms with Crippen molar-refractivity contribution in [1.82, 2.24) is 0 Å². The molecule has 0 heterocycles. The largest absolute Gasteiger partial charge is 0.322 e. The highest BCUT2D eigenvalue weighted by atomic mass is 35.5. The third-order valence-electron chi connectivity index (χ3n) is 4.48. The summed E-state index contributed by atoms with van der Waals surface area (Å²) in [5, 5.41) is 3.14. The summed E-state index contributed by atoms with van der Waals surface area (Å²) >= 11 is 6.06. The highest BCUT2D eigenvalue weighted by Crippen LogP contribution is 2.28. The number of Topliss-reactive ketones (excluding diaryl/α,β-unsaturated/α-hetero) is 2. The van der Waals surface area contributed by atoms with Crippen molar-refractivity contribution in [2.45, 2.75) is 0 Å². The molecule has 0 bridgehead atoms. The Morgan fingerprint density at radius 3 is 2.14 bits per heavy atom. The number of carbonyl (C=O) groups excluding carboxylic acids is 3. The molecule has 0 aliphatic heterocycles. The van der Waals surface area contributed by atoms with E-state index in [-0.39, 0.29) is 23.0 Å². The van der Waals surface area contributed by atoms with Crippen LogP contribution in [0.15, 0.2) is 78.4 Å². The predicted octanol–water partition coefficient (Wildman–Crippen LogP) is 5.05. The third kappa shape index (κ3) is 3.26. The van der Waals surface area contributed by atoms with Gasteiger partial charge in [-0.2, -0.15) is 0 Å². The number of nitrogens with one attached hydrogen (secondary N) is 1. The topological polar surface area (TPSA) is 63.2 Å². The van der Waals surface area contributed by atoms with Gasteiger partial charge in [-0.25, -0.2) is 0 Å². The number of carbonyl (C=O) groups is 3. The van der Waals surface area contributed by atoms with Crippen molar-refractivity contribution in [2.75, 3.05) is 5.32 Å². The van der Waals surface area contributed by atoms with Crippen molar-refractivity contribution in [3.8, 4) is 0 Å². The van der Waals surface area contributed by atoms with Gasteiger partial charge < -0.3 is 5.32 Å². The van der Waals surface area contributed by atoms with Crippen molar-refractivity contribution in [2.24, 2.45) is 0 Å². The molecule has 0 spiro atoms. The molecule has 1 N–H and O–H groups in total. The Balaban J connectivity index is 1.61. The van der Waals surface area contributed by atoms with Crippen molar-refractivity contribution in [1.29, 1.82) is 0 Å². The maximum absolute atomic E-state index is 12.5. The van der Waals surface area contributed by atoms with Gasteiger partial charge in [0.2, 0.25) is 0 Å². The summed E-state index contributed by atoms with van der Waals surface area (Å²) in [6, 6.07) is 20.5. The van der Waals surface area contributed by atoms with E-state index in [0.717, 1.165) is 0 Å². The van der Waals surface area contributed by atoms with Gasteiger partial charge >= 0.3 is 0 Å². The quantitative estimate of drug-likeness (QED) is 0.505. The van der Waals surface area contributed by atoms with Gasteiger partial charge in [0.25, 0.3) is 5.91 Å². The zero-order chi connectivity index (χ0) is 19.7. The van der Waals surface area contributed by atoms with Gasteiger partial charge in [-0.1, -0.05) is 60.1 Å². The summed E-state index contributed by atoms with van der Waals surface area (Å²) in [7, 11) is 0. The van der Waals surface area contributed by atoms with E-state index >= 15 is 0 Å². The Labute approximate surface area is 166 Å². The number of rotatable bonds is 3. The highest BCUT2D eigenvalue weighted by molar-refractivity contribution is 6.41. The summed E-state index contributed by atoms with van der Waals surface area (Å²) < 4.78 is 0. The fourth-order valence-electron chi connectivity index (χ4n) is 3.12. The van der Waals surface area contributed by atoms with Gasteiger partial charge in [0.05, 0.1) is 16.2 Å². The molecule has 3 aromatic rings. The molecule has 0 unspecified atom stereocenters. The molecule has 5 heteroatoms. The molecule has 1 amide bonds. The lowest BCUT2D eigenvalue weighted by molar-refractivity contribution is 0.0987. The molecule has 1 aliphatic carbocycles. The predicted molar refractivity (Wildman–Crippen MR) is 109 cm³/mol. The van der Waals surface area contributed by atoms with Gasteiger partial charge in [-0.05, 0) is 35.9 Å². The van der Waals surface area contributed by atoms with Crippen LogP contribution in [-0.2, 0) is 0 Å². The van der Waals surface area contributed by atoms with Gasteiger partial charge in [-0.3, -0.25) is 14.4 Å². The Morgan fingerprint density at radius 2 is 1.46 bits per heavy atom. The van der Waals surface area contributed by atoms with E-state index in [2.05, 4.69) is 5.32 Å². The minimum atomic E-state index is -0.337. The number of benzene rings is 3. The minimum Gasteiger partial charge on any atom is -0.322 e. The summed E-state index contributed by atoms with van der Waals surface area (Å²) in [5.74, 6) is -0.909. The van der Waals surface area contributed by atoms with Gasteiger partial charge in [0.15, 0.2) is 11.6 Å². The number of amides is 1. The van der Waals surface area contributed by atoms with Gasteiger partial charge in [0.1, 0.15) is 0 Å². The van der Waals surface area contributed by atoms with Gasteiger partial charge in [-0.15, -0.1) is 0 Å². The molecule has 28 heavy (non-hydrogen) atoms. The van der Waals surface area contributed by atoms with Crippen LogP contribution < -0.4 is 5.32 Å². The molecule has 1 aliphatic rings. The molecular formula is C23H14ClNO3. The molecule has 0 saturated carbocycles. The second kappa shape index (κ2) is 7.25. The Bertz CT molecular complexity index is 1130. The molecule has 0 aromatic heterocycles. The summed E-state index contributed by atoms with van der Waals surface area (Å²) in [4.78, 5) is 37.5. The first-order chi connectivity index (χ1) is 13.5. The average Bonchev–Trinajstić information content (AvgIpc) is 2.94. The Hall–Kier alpha value is -3.50. The fraction of sp³-hybridized carbons (Fsp3) is 0. The van der Waals surface area contributed by atoms with Crippen molar-refractivity contribution >= 4 is 40.8 Å². The second-order valence-electron chi connectivity index (χ2n) is 6.32. The summed E-state index contributed by atoms with van der Waals surface area (Å²) in [6.45, 7) is 0. The Morgan fingerprint density at radius 1 is 0.821 bits per heavy atom. The van der Waals surface area contributed by atoms with Crippen LogP contribution in [0.25, 0.3) is 6.08 Å². The lowest BCUT2D eigenvalue weighted by Crippen LogP contribution is -2.12. The number of halogens is 1. The third-order valence-corrected chi connectivity index (χ3v) is 4.81. The second-order valence-corrected chi connectivity index (χ2v) is 6.73. The lowest BCUT2D eigenvalue weighted by Gasteiger charge is -2.07. The summed E-state index contributed by atoms with van der Waals surface area (Å²) in [6.07, 6.45) is 1.55. The highest BCUT2D eigenvalue weighted by Gasteiger charge is 2.32. The molecule has 0 saturated heterocycles. The van der Waals surface area contributed by atoms with Crippen molar-refractivity contribution in [3.05, 3.63) is 106 Å². The summed E-state index contributed by atoms with van der Waals surface area (Å²) in [5.41, 5.74) is 2.50. The molecule has 136 valence electrons. The van der Waals surface area contributed by atoms with E-state index in [1.54, 1.807) is 78.9 Å². The van der Waals surface area contributed by atoms with Crippen LogP contribution in [0.4, 0.5) is 5.69 Å². The van der Waals surface area contributed by atoms with E-state index in [1.807, 2.05) is 0 Å². The van der Waals surface area contributed by atoms with Crippen LogP contribution in [0.1, 0.15) is 36.6 Å². The number of ketones is 2. The van der Waals surface area contributed by atoms with E-state index in [9.17, 15) is 14.4 Å². The van der Waals surface area contributed by atoms with Crippen molar-refractivity contribution < 1.29 is 14.4 Å². The van der Waals surface area contributed by atoms with Crippen molar-refractivity contribution in [3.63, 3.8) is 0 Å². The van der Waals surface area contributed by atoms with E-state index < -0.39 is 0 Å². The molecule has 0 fully saturated rings. The number of hydrogen-bond donors (Lipinski definition) is 1. The Kier molecular flexibility index (Phi) is 4.63. The molecule has 4 rings (SSSR count). The van der Waals surface area contributed by atoms with Crippen LogP contribution in [0.3, 0.4) is 0 Å². The number of fused-ring (bicyclic) bond motifs is 1. The maximum atomic E-state index is 12.5. The molecular weight excluding hydrogens is 374 g/mol. The van der Waals surface area contributed by atoms with Gasteiger partial charge in [0, 0.05) is 16.8 Å². The van der Waals surface area contributed by atoms with Crippen LogP contribution >= 0.6 is 11.6 Å². The minimum absolute atomic E-state index is 0.121. The monoisotopic (exact) mass is 387 g/mol.